The lowest BCUT2D eigenvalue weighted by atomic mass is 10.1. The zero-order chi connectivity index (χ0) is 10.8. The number of rotatable bonds is 2. The first-order chi connectivity index (χ1) is 7.18. The molecule has 5 heteroatoms. The number of thiophene rings is 1. The molecule has 0 amide bonds. The predicted molar refractivity (Wildman–Crippen MR) is 74.1 cm³/mol. The van der Waals surface area contributed by atoms with Gasteiger partial charge in [0.05, 0.1) is 16.1 Å². The van der Waals surface area contributed by atoms with E-state index in [9.17, 15) is 0 Å². The van der Waals surface area contributed by atoms with Crippen molar-refractivity contribution in [2.45, 2.75) is 6.04 Å². The Morgan fingerprint density at radius 3 is 2.44 bits per heavy atom. The Morgan fingerprint density at radius 1 is 1.12 bits per heavy atom. The van der Waals surface area contributed by atoms with Crippen molar-refractivity contribution in [2.75, 3.05) is 0 Å². The lowest BCUT2D eigenvalue weighted by molar-refractivity contribution is 0.894. The van der Waals surface area contributed by atoms with Gasteiger partial charge in [0, 0.05) is 4.88 Å². The fourth-order valence-corrected chi connectivity index (χ4v) is 2.40. The van der Waals surface area contributed by atoms with E-state index in [1.54, 1.807) is 17.4 Å². The van der Waals surface area contributed by atoms with E-state index in [0.29, 0.717) is 10.0 Å². The Hall–Kier alpha value is -0.250. The summed E-state index contributed by atoms with van der Waals surface area (Å²) in [6.45, 7) is 0. The maximum atomic E-state index is 6.09. The van der Waals surface area contributed by atoms with Gasteiger partial charge in [-0.1, -0.05) is 35.3 Å². The summed E-state index contributed by atoms with van der Waals surface area (Å²) in [6, 6.07) is 9.36. The van der Waals surface area contributed by atoms with Crippen LogP contribution >= 0.6 is 46.9 Å². The van der Waals surface area contributed by atoms with Crippen LogP contribution in [0.5, 0.6) is 0 Å². The van der Waals surface area contributed by atoms with Crippen molar-refractivity contribution >= 4 is 46.9 Å². The lowest BCUT2D eigenvalue weighted by Gasteiger charge is -2.10. The second kappa shape index (κ2) is 5.89. The summed E-state index contributed by atoms with van der Waals surface area (Å²) < 4.78 is 0. The van der Waals surface area contributed by atoms with Gasteiger partial charge < -0.3 is 5.73 Å². The van der Waals surface area contributed by atoms with E-state index >= 15 is 0 Å². The van der Waals surface area contributed by atoms with Crippen LogP contribution in [0.4, 0.5) is 0 Å². The van der Waals surface area contributed by atoms with E-state index in [4.69, 9.17) is 28.9 Å². The Kier molecular flexibility index (Phi) is 5.09. The van der Waals surface area contributed by atoms with E-state index in [-0.39, 0.29) is 18.4 Å². The normalized spacial score (nSPS) is 11.9. The van der Waals surface area contributed by atoms with Gasteiger partial charge in [-0.15, -0.1) is 23.7 Å². The molecule has 0 saturated heterocycles. The van der Waals surface area contributed by atoms with Crippen molar-refractivity contribution in [1.29, 1.82) is 0 Å². The van der Waals surface area contributed by atoms with Crippen LogP contribution in [0.15, 0.2) is 35.7 Å². The quantitative estimate of drug-likeness (QED) is 0.865. The first kappa shape index (κ1) is 13.8. The van der Waals surface area contributed by atoms with E-state index in [2.05, 4.69) is 0 Å². The highest BCUT2D eigenvalue weighted by molar-refractivity contribution is 7.10. The molecule has 1 atom stereocenters. The minimum absolute atomic E-state index is 0. The van der Waals surface area contributed by atoms with Gasteiger partial charge in [0.25, 0.3) is 0 Å². The molecular weight excluding hydrogens is 285 g/mol. The minimum Gasteiger partial charge on any atom is -0.320 e. The van der Waals surface area contributed by atoms with Crippen molar-refractivity contribution in [3.63, 3.8) is 0 Å². The first-order valence-corrected chi connectivity index (χ1v) is 6.06. The van der Waals surface area contributed by atoms with Gasteiger partial charge in [0.2, 0.25) is 0 Å². The molecule has 86 valence electrons. The molecule has 0 aliphatic carbocycles. The van der Waals surface area contributed by atoms with Gasteiger partial charge in [-0.05, 0) is 29.1 Å². The lowest BCUT2D eigenvalue weighted by Crippen LogP contribution is -2.09. The maximum Gasteiger partial charge on any atom is 0.0646 e. The highest BCUT2D eigenvalue weighted by Crippen LogP contribution is 2.29. The van der Waals surface area contributed by atoms with Crippen LogP contribution in [0, 0.1) is 0 Å². The summed E-state index contributed by atoms with van der Waals surface area (Å²) in [7, 11) is 0. The molecule has 2 N–H and O–H groups in total. The van der Waals surface area contributed by atoms with Gasteiger partial charge in [-0.25, -0.2) is 0 Å². The molecule has 0 aliphatic rings. The number of hydrogen-bond acceptors (Lipinski definition) is 2. The Labute approximate surface area is 115 Å². The molecule has 1 heterocycles. The zero-order valence-electron chi connectivity index (χ0n) is 8.19. The average molecular weight is 295 g/mol. The summed E-state index contributed by atoms with van der Waals surface area (Å²) >= 11 is 13.4. The molecule has 0 spiro atoms. The number of hydrogen-bond donors (Lipinski definition) is 1. The van der Waals surface area contributed by atoms with Crippen molar-refractivity contribution < 1.29 is 0 Å². The van der Waals surface area contributed by atoms with E-state index < -0.39 is 0 Å². The second-order valence-electron chi connectivity index (χ2n) is 3.17. The Balaban J connectivity index is 0.00000128. The third-order valence-electron chi connectivity index (χ3n) is 2.15. The topological polar surface area (TPSA) is 26.0 Å². The molecule has 0 bridgehead atoms. The van der Waals surface area contributed by atoms with Crippen LogP contribution in [0.2, 0.25) is 10.0 Å². The summed E-state index contributed by atoms with van der Waals surface area (Å²) in [5.41, 5.74) is 7.07. The van der Waals surface area contributed by atoms with Crippen molar-refractivity contribution in [1.82, 2.24) is 0 Å². The SMILES string of the molecule is Cl.N[C@H](c1ccc(Cl)c(Cl)c1)c1cccs1. The molecule has 0 aliphatic heterocycles. The predicted octanol–water partition coefficient (Wildman–Crippen LogP) is 4.52. The number of halogens is 3. The molecule has 16 heavy (non-hydrogen) atoms. The van der Waals surface area contributed by atoms with E-state index in [1.165, 1.54) is 0 Å². The molecule has 0 unspecified atom stereocenters. The van der Waals surface area contributed by atoms with Crippen LogP contribution in [-0.4, -0.2) is 0 Å². The number of benzene rings is 1. The maximum absolute atomic E-state index is 6.09. The number of nitrogens with two attached hydrogens (primary N) is 1. The fourth-order valence-electron chi connectivity index (χ4n) is 1.34. The molecule has 0 saturated carbocycles. The zero-order valence-corrected chi connectivity index (χ0v) is 11.3. The second-order valence-corrected chi connectivity index (χ2v) is 4.96. The van der Waals surface area contributed by atoms with Gasteiger partial charge >= 0.3 is 0 Å². The Morgan fingerprint density at radius 2 is 1.88 bits per heavy atom. The molecule has 1 aromatic carbocycles. The molecule has 2 aromatic rings. The van der Waals surface area contributed by atoms with Crippen LogP contribution in [0.3, 0.4) is 0 Å². The van der Waals surface area contributed by atoms with Crippen LogP contribution in [-0.2, 0) is 0 Å². The van der Waals surface area contributed by atoms with Crippen LogP contribution in [0.25, 0.3) is 0 Å². The molecule has 0 fully saturated rings. The highest BCUT2D eigenvalue weighted by atomic mass is 35.5. The summed E-state index contributed by atoms with van der Waals surface area (Å²) in [5.74, 6) is 0. The smallest absolute Gasteiger partial charge is 0.0646 e. The summed E-state index contributed by atoms with van der Waals surface area (Å²) in [6.07, 6.45) is 0. The van der Waals surface area contributed by atoms with E-state index in [1.807, 2.05) is 29.6 Å². The third-order valence-corrected chi connectivity index (χ3v) is 3.85. The van der Waals surface area contributed by atoms with Crippen molar-refractivity contribution in [3.8, 4) is 0 Å². The van der Waals surface area contributed by atoms with E-state index in [0.717, 1.165) is 10.4 Å². The molecule has 1 aromatic heterocycles. The van der Waals surface area contributed by atoms with Gasteiger partial charge in [0.15, 0.2) is 0 Å². The molecule has 1 nitrogen and oxygen atoms in total. The van der Waals surface area contributed by atoms with Crippen molar-refractivity contribution in [3.05, 3.63) is 56.2 Å². The summed E-state index contributed by atoms with van der Waals surface area (Å²) in [5, 5.41) is 3.10. The molecule has 0 radical (unpaired) electrons. The summed E-state index contributed by atoms with van der Waals surface area (Å²) in [4.78, 5) is 1.12. The van der Waals surface area contributed by atoms with Crippen LogP contribution in [0.1, 0.15) is 16.5 Å². The van der Waals surface area contributed by atoms with Gasteiger partial charge in [-0.2, -0.15) is 0 Å². The fraction of sp³-hybridized carbons (Fsp3) is 0.0909. The molecule has 2 rings (SSSR count). The largest absolute Gasteiger partial charge is 0.320 e. The molecular formula is C11H10Cl3NS. The monoisotopic (exact) mass is 293 g/mol. The minimum atomic E-state index is -0.125. The third kappa shape index (κ3) is 2.90. The highest BCUT2D eigenvalue weighted by Gasteiger charge is 2.10. The average Bonchev–Trinajstić information content (AvgIpc) is 2.74. The van der Waals surface area contributed by atoms with Gasteiger partial charge in [-0.3, -0.25) is 0 Å². The van der Waals surface area contributed by atoms with Gasteiger partial charge in [0.1, 0.15) is 0 Å². The Bertz CT molecular complexity index is 456. The van der Waals surface area contributed by atoms with Crippen molar-refractivity contribution in [2.24, 2.45) is 5.73 Å². The van der Waals surface area contributed by atoms with Crippen LogP contribution < -0.4 is 5.73 Å². The standard InChI is InChI=1S/C11H9Cl2NS.ClH/c12-8-4-3-7(6-9(8)13)11(14)10-2-1-5-15-10;/h1-6,11H,14H2;1H/t11-;/m1./s1. The first-order valence-electron chi connectivity index (χ1n) is 4.42.